The molecule has 1 fully saturated rings. The first kappa shape index (κ1) is 19.0. The van der Waals surface area contributed by atoms with Crippen molar-refractivity contribution in [2.75, 3.05) is 6.54 Å². The predicted molar refractivity (Wildman–Crippen MR) is 107 cm³/mol. The van der Waals surface area contributed by atoms with E-state index in [-0.39, 0.29) is 11.9 Å². The Morgan fingerprint density at radius 2 is 2.03 bits per heavy atom. The highest BCUT2D eigenvalue weighted by molar-refractivity contribution is 6.07. The van der Waals surface area contributed by atoms with Crippen LogP contribution in [0.1, 0.15) is 28.1 Å². The number of benzene rings is 2. The smallest absolute Gasteiger partial charge is 0.320 e. The molecule has 7 heteroatoms. The number of hydrogen-bond acceptors (Lipinski definition) is 5. The molecule has 0 unspecified atom stereocenters. The van der Waals surface area contributed by atoms with Crippen molar-refractivity contribution in [1.82, 2.24) is 10.6 Å². The summed E-state index contributed by atoms with van der Waals surface area (Å²) in [6, 6.07) is 14.4. The second-order valence-corrected chi connectivity index (χ2v) is 7.17. The van der Waals surface area contributed by atoms with E-state index in [1.165, 1.54) is 0 Å². The first-order valence-corrected chi connectivity index (χ1v) is 9.48. The molecule has 2 atom stereocenters. The summed E-state index contributed by atoms with van der Waals surface area (Å²) >= 11 is 0. The van der Waals surface area contributed by atoms with Crippen molar-refractivity contribution in [1.29, 1.82) is 0 Å². The van der Waals surface area contributed by atoms with Gasteiger partial charge < -0.3 is 24.9 Å². The fraction of sp³-hybridized carbons (Fsp3) is 0.273. The number of nitrogens with one attached hydrogen (secondary N) is 2. The van der Waals surface area contributed by atoms with Gasteiger partial charge >= 0.3 is 5.97 Å². The normalized spacial score (nSPS) is 18.7. The second kappa shape index (κ2) is 7.97. The SMILES string of the molecule is Cc1oc2ccc(OCc3ccccc3)cc2c1C(=O)N[C@H]1CN[C@@H](C(=O)O)C1. The van der Waals surface area contributed by atoms with Crippen LogP contribution < -0.4 is 15.4 Å². The topological polar surface area (TPSA) is 101 Å². The summed E-state index contributed by atoms with van der Waals surface area (Å²) in [5, 5.41) is 15.6. The van der Waals surface area contributed by atoms with Gasteiger partial charge in [-0.3, -0.25) is 9.59 Å². The highest BCUT2D eigenvalue weighted by Crippen LogP contribution is 2.29. The molecule has 0 aliphatic carbocycles. The van der Waals surface area contributed by atoms with E-state index in [2.05, 4.69) is 10.6 Å². The second-order valence-electron chi connectivity index (χ2n) is 7.17. The van der Waals surface area contributed by atoms with Crippen LogP contribution in [0, 0.1) is 6.92 Å². The molecule has 0 bridgehead atoms. The molecule has 2 aromatic carbocycles. The van der Waals surface area contributed by atoms with Crippen molar-refractivity contribution in [3.05, 3.63) is 65.4 Å². The van der Waals surface area contributed by atoms with Gasteiger partial charge in [0.25, 0.3) is 5.91 Å². The number of carboxylic acid groups (broad SMARTS) is 1. The zero-order valence-corrected chi connectivity index (χ0v) is 16.0. The van der Waals surface area contributed by atoms with Gasteiger partial charge in [-0.2, -0.15) is 0 Å². The first-order chi connectivity index (χ1) is 14.0. The van der Waals surface area contributed by atoms with E-state index in [9.17, 15) is 9.59 Å². The Balaban J connectivity index is 1.51. The maximum absolute atomic E-state index is 12.9. The minimum Gasteiger partial charge on any atom is -0.489 e. The van der Waals surface area contributed by atoms with Crippen molar-refractivity contribution in [3.63, 3.8) is 0 Å². The monoisotopic (exact) mass is 394 g/mol. The molecule has 1 aliphatic rings. The summed E-state index contributed by atoms with van der Waals surface area (Å²) in [6.07, 6.45) is 0.349. The zero-order chi connectivity index (χ0) is 20.4. The van der Waals surface area contributed by atoms with Crippen LogP contribution in [-0.2, 0) is 11.4 Å². The Bertz CT molecular complexity index is 1040. The van der Waals surface area contributed by atoms with Gasteiger partial charge in [0.05, 0.1) is 5.56 Å². The maximum Gasteiger partial charge on any atom is 0.320 e. The Hall–Kier alpha value is -3.32. The fourth-order valence-electron chi connectivity index (χ4n) is 3.60. The quantitative estimate of drug-likeness (QED) is 0.594. The largest absolute Gasteiger partial charge is 0.489 e. The molecule has 1 aliphatic heterocycles. The predicted octanol–water partition coefficient (Wildman–Crippen LogP) is 2.87. The van der Waals surface area contributed by atoms with E-state index in [0.717, 1.165) is 5.56 Å². The molecular weight excluding hydrogens is 372 g/mol. The molecule has 2 heterocycles. The Labute approximate surface area is 167 Å². The van der Waals surface area contributed by atoms with Gasteiger partial charge in [0, 0.05) is 18.0 Å². The molecule has 29 heavy (non-hydrogen) atoms. The van der Waals surface area contributed by atoms with Crippen LogP contribution in [0.15, 0.2) is 52.9 Å². The number of aryl methyl sites for hydroxylation is 1. The lowest BCUT2D eigenvalue weighted by molar-refractivity contribution is -0.139. The van der Waals surface area contributed by atoms with Crippen molar-refractivity contribution in [2.24, 2.45) is 0 Å². The number of aliphatic carboxylic acids is 1. The fourth-order valence-corrected chi connectivity index (χ4v) is 3.60. The minimum atomic E-state index is -0.910. The molecule has 0 radical (unpaired) electrons. The summed E-state index contributed by atoms with van der Waals surface area (Å²) in [5.41, 5.74) is 2.10. The third-order valence-corrected chi connectivity index (χ3v) is 5.08. The van der Waals surface area contributed by atoms with Crippen molar-refractivity contribution < 1.29 is 23.8 Å². The van der Waals surface area contributed by atoms with Gasteiger partial charge in [-0.05, 0) is 37.1 Å². The van der Waals surface area contributed by atoms with Crippen molar-refractivity contribution in [2.45, 2.75) is 32.0 Å². The first-order valence-electron chi connectivity index (χ1n) is 9.48. The van der Waals surface area contributed by atoms with Gasteiger partial charge in [-0.1, -0.05) is 30.3 Å². The van der Waals surface area contributed by atoms with Crippen LogP contribution in [0.2, 0.25) is 0 Å². The molecule has 1 amide bonds. The average molecular weight is 394 g/mol. The van der Waals surface area contributed by atoms with E-state index in [0.29, 0.717) is 47.6 Å². The number of rotatable bonds is 6. The summed E-state index contributed by atoms with van der Waals surface area (Å²) in [7, 11) is 0. The third-order valence-electron chi connectivity index (χ3n) is 5.08. The Kier molecular flexibility index (Phi) is 5.22. The van der Waals surface area contributed by atoms with E-state index in [1.54, 1.807) is 19.1 Å². The molecule has 150 valence electrons. The van der Waals surface area contributed by atoms with Crippen molar-refractivity contribution >= 4 is 22.8 Å². The number of carboxylic acids is 1. The van der Waals surface area contributed by atoms with Crippen LogP contribution in [0.5, 0.6) is 5.75 Å². The van der Waals surface area contributed by atoms with Crippen molar-refractivity contribution in [3.8, 4) is 5.75 Å². The molecule has 1 saturated heterocycles. The summed E-state index contributed by atoms with van der Waals surface area (Å²) < 4.78 is 11.6. The number of furan rings is 1. The molecule has 3 aromatic rings. The van der Waals surface area contributed by atoms with E-state index in [4.69, 9.17) is 14.3 Å². The molecule has 1 aromatic heterocycles. The van der Waals surface area contributed by atoms with Crippen LogP contribution in [0.25, 0.3) is 11.0 Å². The standard InChI is InChI=1S/C22H22N2O5/c1-13-20(21(25)24-15-9-18(22(26)27)23-11-15)17-10-16(7-8-19(17)29-13)28-12-14-5-3-2-4-6-14/h2-8,10,15,18,23H,9,11-12H2,1H3,(H,24,25)(H,26,27)/t15-,18-/m1/s1. The number of fused-ring (bicyclic) bond motifs is 1. The van der Waals surface area contributed by atoms with Gasteiger partial charge in [0.1, 0.15) is 29.7 Å². The van der Waals surface area contributed by atoms with E-state index in [1.807, 2.05) is 36.4 Å². The molecule has 0 saturated carbocycles. The summed E-state index contributed by atoms with van der Waals surface area (Å²) in [6.45, 7) is 2.59. The van der Waals surface area contributed by atoms with Crippen LogP contribution in [-0.4, -0.2) is 35.6 Å². The number of carbonyl (C=O) groups excluding carboxylic acids is 1. The Morgan fingerprint density at radius 3 is 2.76 bits per heavy atom. The maximum atomic E-state index is 12.9. The lowest BCUT2D eigenvalue weighted by Gasteiger charge is -2.11. The van der Waals surface area contributed by atoms with E-state index >= 15 is 0 Å². The van der Waals surface area contributed by atoms with Gasteiger partial charge in [-0.15, -0.1) is 0 Å². The zero-order valence-electron chi connectivity index (χ0n) is 16.0. The highest BCUT2D eigenvalue weighted by Gasteiger charge is 2.31. The number of hydrogen-bond donors (Lipinski definition) is 3. The summed E-state index contributed by atoms with van der Waals surface area (Å²) in [4.78, 5) is 24.0. The third kappa shape index (κ3) is 4.09. The molecule has 4 rings (SSSR count). The van der Waals surface area contributed by atoms with Crippen LogP contribution in [0.3, 0.4) is 0 Å². The lowest BCUT2D eigenvalue weighted by atomic mass is 10.1. The average Bonchev–Trinajstić information content (AvgIpc) is 3.30. The van der Waals surface area contributed by atoms with Gasteiger partial charge in [0.15, 0.2) is 0 Å². The van der Waals surface area contributed by atoms with Crippen LogP contribution in [0.4, 0.5) is 0 Å². The van der Waals surface area contributed by atoms with Gasteiger partial charge in [-0.25, -0.2) is 0 Å². The Morgan fingerprint density at radius 1 is 1.24 bits per heavy atom. The van der Waals surface area contributed by atoms with Gasteiger partial charge in [0.2, 0.25) is 0 Å². The number of amides is 1. The summed E-state index contributed by atoms with van der Waals surface area (Å²) in [5.74, 6) is -0.0330. The minimum absolute atomic E-state index is 0.245. The number of ether oxygens (including phenoxy) is 1. The van der Waals surface area contributed by atoms with Crippen LogP contribution >= 0.6 is 0 Å². The molecule has 0 spiro atoms. The number of carbonyl (C=O) groups is 2. The molecule has 7 nitrogen and oxygen atoms in total. The molecule has 3 N–H and O–H groups in total. The van der Waals surface area contributed by atoms with E-state index < -0.39 is 12.0 Å². The molecular formula is C22H22N2O5. The highest BCUT2D eigenvalue weighted by atomic mass is 16.5. The lowest BCUT2D eigenvalue weighted by Crippen LogP contribution is -2.36.